The number of aromatic nitrogens is 3. The van der Waals surface area contributed by atoms with Gasteiger partial charge in [-0.3, -0.25) is 4.79 Å². The number of thiophene rings is 1. The number of rotatable bonds is 3. The molecule has 0 aromatic carbocycles. The summed E-state index contributed by atoms with van der Waals surface area (Å²) in [6.45, 7) is 1.79. The molecule has 2 aliphatic heterocycles. The second-order valence-electron chi connectivity index (χ2n) is 6.48. The van der Waals surface area contributed by atoms with Crippen LogP contribution in [0.3, 0.4) is 0 Å². The Morgan fingerprint density at radius 3 is 3.04 bits per heavy atom. The van der Waals surface area contributed by atoms with Crippen LogP contribution in [0.1, 0.15) is 54.7 Å². The zero-order valence-electron chi connectivity index (χ0n) is 13.7. The minimum absolute atomic E-state index is 0.0739. The first-order valence-corrected chi connectivity index (χ1v) is 9.65. The summed E-state index contributed by atoms with van der Waals surface area (Å²) in [4.78, 5) is 15.7. The van der Waals surface area contributed by atoms with Crippen LogP contribution in [0.2, 0.25) is 0 Å². The van der Waals surface area contributed by atoms with E-state index in [9.17, 15) is 4.79 Å². The summed E-state index contributed by atoms with van der Waals surface area (Å²) in [5.41, 5.74) is 0. The van der Waals surface area contributed by atoms with Crippen LogP contribution in [-0.4, -0.2) is 32.1 Å². The SMILES string of the molecule is O=C(/C=C\c1cccs1)N1CCC[C@@H]1c1nnc2n1CCCCC2. The molecule has 4 heterocycles. The summed E-state index contributed by atoms with van der Waals surface area (Å²) >= 11 is 1.64. The van der Waals surface area contributed by atoms with Crippen LogP contribution < -0.4 is 0 Å². The molecule has 2 aromatic heterocycles. The minimum atomic E-state index is 0.0739. The molecule has 2 aliphatic rings. The molecule has 1 fully saturated rings. The Labute approximate surface area is 146 Å². The van der Waals surface area contributed by atoms with Gasteiger partial charge < -0.3 is 9.47 Å². The maximum absolute atomic E-state index is 12.7. The van der Waals surface area contributed by atoms with E-state index in [2.05, 4.69) is 14.8 Å². The molecule has 24 heavy (non-hydrogen) atoms. The van der Waals surface area contributed by atoms with Crippen molar-refractivity contribution in [3.8, 4) is 0 Å². The van der Waals surface area contributed by atoms with Crippen LogP contribution in [0.4, 0.5) is 0 Å². The minimum Gasteiger partial charge on any atom is -0.329 e. The van der Waals surface area contributed by atoms with Gasteiger partial charge in [-0.25, -0.2) is 0 Å². The van der Waals surface area contributed by atoms with Crippen LogP contribution in [0, 0.1) is 0 Å². The monoisotopic (exact) mass is 342 g/mol. The topological polar surface area (TPSA) is 51.0 Å². The Balaban J connectivity index is 1.55. The van der Waals surface area contributed by atoms with Crippen LogP contribution in [-0.2, 0) is 17.8 Å². The number of nitrogens with zero attached hydrogens (tertiary/aromatic N) is 4. The van der Waals surface area contributed by atoms with Crippen LogP contribution in [0.15, 0.2) is 23.6 Å². The van der Waals surface area contributed by atoms with Gasteiger partial charge in [0.2, 0.25) is 5.91 Å². The van der Waals surface area contributed by atoms with Crippen molar-refractivity contribution < 1.29 is 4.79 Å². The third-order valence-corrected chi connectivity index (χ3v) is 5.74. The number of aryl methyl sites for hydroxylation is 1. The second kappa shape index (κ2) is 6.89. The first kappa shape index (κ1) is 15.6. The van der Waals surface area contributed by atoms with Crippen molar-refractivity contribution in [1.82, 2.24) is 19.7 Å². The molecule has 1 atom stereocenters. The summed E-state index contributed by atoms with van der Waals surface area (Å²) in [7, 11) is 0. The average molecular weight is 342 g/mol. The third-order valence-electron chi connectivity index (χ3n) is 4.91. The maximum Gasteiger partial charge on any atom is 0.247 e. The van der Waals surface area contributed by atoms with Gasteiger partial charge in [-0.15, -0.1) is 21.5 Å². The van der Waals surface area contributed by atoms with Gasteiger partial charge in [0.25, 0.3) is 0 Å². The van der Waals surface area contributed by atoms with Gasteiger partial charge in [0.1, 0.15) is 5.82 Å². The number of likely N-dealkylation sites (tertiary alicyclic amines) is 1. The highest BCUT2D eigenvalue weighted by molar-refractivity contribution is 7.10. The van der Waals surface area contributed by atoms with Gasteiger partial charge >= 0.3 is 0 Å². The van der Waals surface area contributed by atoms with E-state index in [-0.39, 0.29) is 11.9 Å². The molecule has 1 amide bonds. The number of amides is 1. The predicted molar refractivity (Wildman–Crippen MR) is 94.6 cm³/mol. The van der Waals surface area contributed by atoms with Gasteiger partial charge in [-0.1, -0.05) is 12.5 Å². The average Bonchev–Trinajstić information content (AvgIpc) is 3.31. The molecule has 6 heteroatoms. The molecule has 2 aromatic rings. The fourth-order valence-electron chi connectivity index (χ4n) is 3.69. The summed E-state index contributed by atoms with van der Waals surface area (Å²) < 4.78 is 2.27. The molecule has 0 spiro atoms. The van der Waals surface area contributed by atoms with Crippen molar-refractivity contribution in [1.29, 1.82) is 0 Å². The largest absolute Gasteiger partial charge is 0.329 e. The normalized spacial score (nSPS) is 21.2. The maximum atomic E-state index is 12.7. The van der Waals surface area contributed by atoms with E-state index in [0.29, 0.717) is 0 Å². The van der Waals surface area contributed by atoms with Crippen molar-refractivity contribution in [2.75, 3.05) is 6.54 Å². The summed E-state index contributed by atoms with van der Waals surface area (Å²) in [5, 5.41) is 10.9. The Morgan fingerprint density at radius 2 is 2.17 bits per heavy atom. The van der Waals surface area contributed by atoms with E-state index >= 15 is 0 Å². The molecule has 5 nitrogen and oxygen atoms in total. The van der Waals surface area contributed by atoms with Crippen molar-refractivity contribution in [2.24, 2.45) is 0 Å². The second-order valence-corrected chi connectivity index (χ2v) is 7.45. The number of carbonyl (C=O) groups excluding carboxylic acids is 1. The summed E-state index contributed by atoms with van der Waals surface area (Å²) in [6, 6.07) is 4.10. The fraction of sp³-hybridized carbons (Fsp3) is 0.500. The molecular weight excluding hydrogens is 320 g/mol. The number of carbonyl (C=O) groups is 1. The van der Waals surface area contributed by atoms with Gasteiger partial charge in [0.05, 0.1) is 6.04 Å². The Morgan fingerprint density at radius 1 is 1.21 bits per heavy atom. The zero-order valence-corrected chi connectivity index (χ0v) is 14.5. The Hall–Kier alpha value is -1.95. The quantitative estimate of drug-likeness (QED) is 0.803. The van der Waals surface area contributed by atoms with Gasteiger partial charge in [0.15, 0.2) is 5.82 Å². The number of hydrogen-bond donors (Lipinski definition) is 0. The first-order valence-electron chi connectivity index (χ1n) is 8.77. The molecule has 126 valence electrons. The first-order chi connectivity index (χ1) is 11.8. The standard InChI is InChI=1S/C18H22N4OS/c23-17(10-9-14-6-5-13-24-14)21-12-4-7-15(21)18-20-19-16-8-2-1-3-11-22(16)18/h5-6,9-10,13,15H,1-4,7-8,11-12H2/b10-9-/t15-/m1/s1. The molecule has 0 radical (unpaired) electrons. The molecule has 4 rings (SSSR count). The van der Waals surface area contributed by atoms with E-state index in [4.69, 9.17) is 0 Å². The van der Waals surface area contributed by atoms with E-state index in [0.717, 1.165) is 48.9 Å². The highest BCUT2D eigenvalue weighted by atomic mass is 32.1. The molecule has 0 saturated carbocycles. The van der Waals surface area contributed by atoms with Gasteiger partial charge in [-0.05, 0) is 43.2 Å². The fourth-order valence-corrected chi connectivity index (χ4v) is 4.31. The van der Waals surface area contributed by atoms with Crippen molar-refractivity contribution >= 4 is 23.3 Å². The summed E-state index contributed by atoms with van der Waals surface area (Å²) in [5.74, 6) is 2.16. The highest BCUT2D eigenvalue weighted by Gasteiger charge is 2.33. The zero-order chi connectivity index (χ0) is 16.4. The van der Waals surface area contributed by atoms with E-state index in [1.165, 1.54) is 19.3 Å². The van der Waals surface area contributed by atoms with E-state index in [1.807, 2.05) is 28.5 Å². The van der Waals surface area contributed by atoms with E-state index < -0.39 is 0 Å². The van der Waals surface area contributed by atoms with Crippen molar-refractivity contribution in [3.63, 3.8) is 0 Å². The molecule has 1 saturated heterocycles. The summed E-state index contributed by atoms with van der Waals surface area (Å²) in [6.07, 6.45) is 10.2. The van der Waals surface area contributed by atoms with Crippen LogP contribution >= 0.6 is 11.3 Å². The highest BCUT2D eigenvalue weighted by Crippen LogP contribution is 2.32. The van der Waals surface area contributed by atoms with Gasteiger partial charge in [0, 0.05) is 30.5 Å². The van der Waals surface area contributed by atoms with Gasteiger partial charge in [-0.2, -0.15) is 0 Å². The molecule has 0 N–H and O–H groups in total. The molecule has 0 aliphatic carbocycles. The van der Waals surface area contributed by atoms with E-state index in [1.54, 1.807) is 17.4 Å². The molecule has 0 bridgehead atoms. The predicted octanol–water partition coefficient (Wildman–Crippen LogP) is 3.44. The smallest absolute Gasteiger partial charge is 0.247 e. The lowest BCUT2D eigenvalue weighted by Crippen LogP contribution is -2.30. The van der Waals surface area contributed by atoms with Crippen LogP contribution in [0.5, 0.6) is 0 Å². The molecular formula is C18H22N4OS. The Kier molecular flexibility index (Phi) is 4.47. The number of fused-ring (bicyclic) bond motifs is 1. The third kappa shape index (κ3) is 3.02. The van der Waals surface area contributed by atoms with Crippen LogP contribution in [0.25, 0.3) is 6.08 Å². The van der Waals surface area contributed by atoms with Crippen molar-refractivity contribution in [3.05, 3.63) is 40.1 Å². The Bertz CT molecular complexity index is 734. The lowest BCUT2D eigenvalue weighted by molar-refractivity contribution is -0.127. The molecule has 0 unspecified atom stereocenters. The lowest BCUT2D eigenvalue weighted by atomic mass is 10.2. The lowest BCUT2D eigenvalue weighted by Gasteiger charge is -2.23. The number of hydrogen-bond acceptors (Lipinski definition) is 4. The van der Waals surface area contributed by atoms with Crippen molar-refractivity contribution in [2.45, 2.75) is 51.1 Å².